The summed E-state index contributed by atoms with van der Waals surface area (Å²) in [5.41, 5.74) is 1.07. The molecule has 1 saturated heterocycles. The van der Waals surface area contributed by atoms with Gasteiger partial charge in [0.25, 0.3) is 0 Å². The van der Waals surface area contributed by atoms with E-state index in [1.807, 2.05) is 12.1 Å². The van der Waals surface area contributed by atoms with Crippen LogP contribution < -0.4 is 19.5 Å². The number of guanidine groups is 1. The largest absolute Gasteiger partial charge is 0.493 e. The van der Waals surface area contributed by atoms with Crippen LogP contribution in [0.4, 0.5) is 0 Å². The van der Waals surface area contributed by atoms with Crippen LogP contribution in [-0.4, -0.2) is 58.4 Å². The number of ether oxygens (including phenoxy) is 3. The van der Waals surface area contributed by atoms with Gasteiger partial charge in [-0.3, -0.25) is 4.99 Å². The Labute approximate surface area is 144 Å². The smallest absolute Gasteiger partial charge is 0.203 e. The number of nitrogens with zero attached hydrogens (tertiary/aromatic N) is 2. The summed E-state index contributed by atoms with van der Waals surface area (Å²) in [6.45, 7) is 5.86. The molecular weight excluding hydrogens is 306 g/mol. The second-order valence-electron chi connectivity index (χ2n) is 5.67. The van der Waals surface area contributed by atoms with Gasteiger partial charge in [-0.2, -0.15) is 0 Å². The minimum absolute atomic E-state index is 0.632. The van der Waals surface area contributed by atoms with Crippen molar-refractivity contribution in [1.29, 1.82) is 0 Å². The summed E-state index contributed by atoms with van der Waals surface area (Å²) in [5, 5.41) is 3.38. The molecule has 0 amide bonds. The number of likely N-dealkylation sites (tertiary alicyclic amines) is 1. The third-order valence-corrected chi connectivity index (χ3v) is 4.17. The fourth-order valence-electron chi connectivity index (χ4n) is 3.00. The van der Waals surface area contributed by atoms with E-state index in [4.69, 9.17) is 19.2 Å². The van der Waals surface area contributed by atoms with Crippen LogP contribution >= 0.6 is 0 Å². The fraction of sp³-hybridized carbons (Fsp3) is 0.611. The summed E-state index contributed by atoms with van der Waals surface area (Å²) in [6, 6.07) is 3.92. The number of methoxy groups -OCH3 is 3. The summed E-state index contributed by atoms with van der Waals surface area (Å²) in [7, 11) is 4.90. The van der Waals surface area contributed by atoms with Gasteiger partial charge in [0, 0.05) is 31.7 Å². The highest BCUT2D eigenvalue weighted by atomic mass is 16.5. The van der Waals surface area contributed by atoms with Crippen molar-refractivity contribution in [2.45, 2.75) is 26.2 Å². The third-order valence-electron chi connectivity index (χ3n) is 4.17. The minimum atomic E-state index is 0.632. The number of nitrogens with one attached hydrogen (secondary N) is 1. The van der Waals surface area contributed by atoms with Crippen LogP contribution in [0.1, 0.15) is 25.3 Å². The van der Waals surface area contributed by atoms with E-state index in [-0.39, 0.29) is 0 Å². The molecule has 24 heavy (non-hydrogen) atoms. The van der Waals surface area contributed by atoms with Gasteiger partial charge in [0.05, 0.1) is 21.3 Å². The zero-order valence-corrected chi connectivity index (χ0v) is 15.2. The molecule has 6 heteroatoms. The minimum Gasteiger partial charge on any atom is -0.493 e. The molecule has 0 aromatic heterocycles. The van der Waals surface area contributed by atoms with Crippen LogP contribution in [0.5, 0.6) is 17.2 Å². The molecule has 1 aromatic rings. The standard InChI is InChI=1S/C18H29N3O3/c1-5-19-18(21-12-6-7-13-21)20-11-10-14-8-9-15(22-2)17(24-4)16(14)23-3/h8-9H,5-7,10-13H2,1-4H3,(H,19,20). The Bertz CT molecular complexity index is 555. The van der Waals surface area contributed by atoms with Crippen molar-refractivity contribution >= 4 is 5.96 Å². The molecule has 1 fully saturated rings. The number of benzene rings is 1. The molecule has 0 spiro atoms. The van der Waals surface area contributed by atoms with E-state index in [1.165, 1.54) is 12.8 Å². The molecule has 2 rings (SSSR count). The maximum absolute atomic E-state index is 5.54. The maximum Gasteiger partial charge on any atom is 0.203 e. The Morgan fingerprint density at radius 2 is 1.79 bits per heavy atom. The predicted octanol–water partition coefficient (Wildman–Crippen LogP) is 2.32. The fourth-order valence-corrected chi connectivity index (χ4v) is 3.00. The number of rotatable bonds is 7. The lowest BCUT2D eigenvalue weighted by Crippen LogP contribution is -2.39. The number of hydrogen-bond donors (Lipinski definition) is 1. The SMILES string of the molecule is CCNC(=NCCc1ccc(OC)c(OC)c1OC)N1CCCC1. The molecule has 134 valence electrons. The van der Waals surface area contributed by atoms with Crippen LogP contribution in [0, 0.1) is 0 Å². The molecule has 1 heterocycles. The van der Waals surface area contributed by atoms with Gasteiger partial charge in [0.1, 0.15) is 0 Å². The Kier molecular flexibility index (Phi) is 7.03. The Balaban J connectivity index is 2.11. The molecule has 1 aliphatic rings. The van der Waals surface area contributed by atoms with Crippen molar-refractivity contribution in [3.05, 3.63) is 17.7 Å². The van der Waals surface area contributed by atoms with Crippen LogP contribution in [-0.2, 0) is 6.42 Å². The average molecular weight is 335 g/mol. The Morgan fingerprint density at radius 3 is 2.38 bits per heavy atom. The van der Waals surface area contributed by atoms with Gasteiger partial charge < -0.3 is 24.4 Å². The zero-order valence-electron chi connectivity index (χ0n) is 15.2. The second-order valence-corrected chi connectivity index (χ2v) is 5.67. The van der Waals surface area contributed by atoms with Gasteiger partial charge in [-0.25, -0.2) is 0 Å². The van der Waals surface area contributed by atoms with Gasteiger partial charge in [-0.15, -0.1) is 0 Å². The summed E-state index contributed by atoms with van der Waals surface area (Å²) in [6.07, 6.45) is 3.27. The molecule has 0 unspecified atom stereocenters. The van der Waals surface area contributed by atoms with Crippen LogP contribution in [0.15, 0.2) is 17.1 Å². The summed E-state index contributed by atoms with van der Waals surface area (Å²) in [4.78, 5) is 7.10. The highest BCUT2D eigenvalue weighted by Crippen LogP contribution is 2.39. The van der Waals surface area contributed by atoms with Gasteiger partial charge in [-0.05, 0) is 32.3 Å². The van der Waals surface area contributed by atoms with Gasteiger partial charge >= 0.3 is 0 Å². The van der Waals surface area contributed by atoms with Crippen molar-refractivity contribution in [3.63, 3.8) is 0 Å². The predicted molar refractivity (Wildman–Crippen MR) is 96.6 cm³/mol. The van der Waals surface area contributed by atoms with Crippen LogP contribution in [0.2, 0.25) is 0 Å². The molecule has 0 saturated carbocycles. The lowest BCUT2D eigenvalue weighted by atomic mass is 10.1. The quantitative estimate of drug-likeness (QED) is 0.612. The van der Waals surface area contributed by atoms with Crippen LogP contribution in [0.25, 0.3) is 0 Å². The van der Waals surface area contributed by atoms with E-state index in [0.29, 0.717) is 18.0 Å². The average Bonchev–Trinajstić information content (AvgIpc) is 3.14. The first-order valence-corrected chi connectivity index (χ1v) is 8.56. The lowest BCUT2D eigenvalue weighted by Gasteiger charge is -2.21. The van der Waals surface area contributed by atoms with E-state index in [2.05, 4.69) is 17.1 Å². The summed E-state index contributed by atoms with van der Waals surface area (Å²) >= 11 is 0. The molecule has 6 nitrogen and oxygen atoms in total. The number of aliphatic imine (C=N–C) groups is 1. The monoisotopic (exact) mass is 335 g/mol. The van der Waals surface area contributed by atoms with Gasteiger partial charge in [-0.1, -0.05) is 6.07 Å². The molecular formula is C18H29N3O3. The Hall–Kier alpha value is -2.11. The molecule has 0 bridgehead atoms. The highest BCUT2D eigenvalue weighted by molar-refractivity contribution is 5.80. The van der Waals surface area contributed by atoms with Gasteiger partial charge in [0.2, 0.25) is 5.75 Å². The maximum atomic E-state index is 5.54. The molecule has 1 N–H and O–H groups in total. The summed E-state index contributed by atoms with van der Waals surface area (Å²) in [5.74, 6) is 3.03. The van der Waals surface area contributed by atoms with E-state index >= 15 is 0 Å². The molecule has 0 aliphatic carbocycles. The normalized spacial score (nSPS) is 14.7. The van der Waals surface area contributed by atoms with Crippen molar-refractivity contribution in [1.82, 2.24) is 10.2 Å². The van der Waals surface area contributed by atoms with E-state index in [0.717, 1.165) is 43.3 Å². The van der Waals surface area contributed by atoms with Crippen molar-refractivity contribution in [3.8, 4) is 17.2 Å². The van der Waals surface area contributed by atoms with Crippen molar-refractivity contribution in [2.75, 3.05) is 47.5 Å². The van der Waals surface area contributed by atoms with Crippen LogP contribution in [0.3, 0.4) is 0 Å². The third kappa shape index (κ3) is 4.24. The zero-order chi connectivity index (χ0) is 17.4. The second kappa shape index (κ2) is 9.25. The van der Waals surface area contributed by atoms with Gasteiger partial charge in [0.15, 0.2) is 17.5 Å². The molecule has 1 aliphatic heterocycles. The highest BCUT2D eigenvalue weighted by Gasteiger charge is 2.17. The number of hydrogen-bond acceptors (Lipinski definition) is 4. The topological polar surface area (TPSA) is 55.3 Å². The molecule has 1 aromatic carbocycles. The molecule has 0 atom stereocenters. The van der Waals surface area contributed by atoms with Crippen molar-refractivity contribution in [2.24, 2.45) is 4.99 Å². The van der Waals surface area contributed by atoms with Crippen molar-refractivity contribution < 1.29 is 14.2 Å². The lowest BCUT2D eigenvalue weighted by molar-refractivity contribution is 0.322. The molecule has 0 radical (unpaired) electrons. The first kappa shape index (κ1) is 18.2. The van der Waals surface area contributed by atoms with E-state index in [1.54, 1.807) is 21.3 Å². The van der Waals surface area contributed by atoms with E-state index in [9.17, 15) is 0 Å². The van der Waals surface area contributed by atoms with E-state index < -0.39 is 0 Å². The Morgan fingerprint density at radius 1 is 1.08 bits per heavy atom. The first-order chi connectivity index (χ1) is 11.7. The summed E-state index contributed by atoms with van der Waals surface area (Å²) < 4.78 is 16.3. The first-order valence-electron chi connectivity index (χ1n) is 8.56.